The molecule has 1 heterocycles. The highest BCUT2D eigenvalue weighted by Gasteiger charge is 2.52. The van der Waals surface area contributed by atoms with Crippen molar-refractivity contribution in [1.82, 2.24) is 0 Å². The van der Waals surface area contributed by atoms with Gasteiger partial charge in [0.1, 0.15) is 52.7 Å². The predicted molar refractivity (Wildman–Crippen MR) is 187 cm³/mol. The Hall–Kier alpha value is -7.14. The largest absolute Gasteiger partial charge is 0.366 e. The molecule has 2 N–H and O–H groups in total. The van der Waals surface area contributed by atoms with Crippen LogP contribution in [0.4, 0.5) is 87.8 Å². The van der Waals surface area contributed by atoms with Crippen LogP contribution in [0.2, 0.25) is 0 Å². The fourth-order valence-corrected chi connectivity index (χ4v) is 7.16. The number of halogens is 20. The second-order valence-electron chi connectivity index (χ2n) is 13.6. The maximum atomic E-state index is 15.4. The minimum absolute atomic E-state index is 0.398. The Morgan fingerprint density at radius 3 is 1.02 bits per heavy atom. The summed E-state index contributed by atoms with van der Waals surface area (Å²) in [5.74, 6) is -71.8. The van der Waals surface area contributed by atoms with E-state index in [1.54, 1.807) is 6.07 Å². The third-order valence-corrected chi connectivity index (χ3v) is 10.0. The van der Waals surface area contributed by atoms with Gasteiger partial charge < -0.3 is 5.73 Å². The highest BCUT2D eigenvalue weighted by molar-refractivity contribution is 7.20. The van der Waals surface area contributed by atoms with Crippen LogP contribution in [-0.2, 0) is 6.54 Å². The van der Waals surface area contributed by atoms with Crippen molar-refractivity contribution in [1.29, 1.82) is 0 Å². The fourth-order valence-electron chi connectivity index (χ4n) is 7.16. The first-order valence-electron chi connectivity index (χ1n) is 17.4. The number of primary amides is 1. The van der Waals surface area contributed by atoms with Crippen LogP contribution in [0.25, 0.3) is 10.8 Å². The molecular weight excluding hydrogens is 927 g/mol. The molecular formula is C41H15BF20N2O. The van der Waals surface area contributed by atoms with Gasteiger partial charge in [-0.15, -0.1) is 21.9 Å². The number of fused-ring (bicyclic) bond motifs is 1. The zero-order valence-corrected chi connectivity index (χ0v) is 31.1. The van der Waals surface area contributed by atoms with E-state index >= 15 is 35.1 Å². The summed E-state index contributed by atoms with van der Waals surface area (Å²) in [4.78, 5) is 11.2. The zero-order chi connectivity index (χ0) is 48.3. The van der Waals surface area contributed by atoms with Crippen LogP contribution in [0.3, 0.4) is 0 Å². The first-order valence-corrected chi connectivity index (χ1v) is 17.4. The van der Waals surface area contributed by atoms with Gasteiger partial charge in [0, 0.05) is 22.6 Å². The summed E-state index contributed by atoms with van der Waals surface area (Å²) in [6, 6.07) is 17.8. The summed E-state index contributed by atoms with van der Waals surface area (Å²) in [5, 5.41) is 2.11. The number of nitrogens with zero attached hydrogens (tertiary/aromatic N) is 1. The minimum Gasteiger partial charge on any atom is -0.366 e. The molecule has 0 radical (unpaired) electrons. The first-order chi connectivity index (χ1) is 30.4. The van der Waals surface area contributed by atoms with Crippen molar-refractivity contribution in [3.05, 3.63) is 194 Å². The fraction of sp³-hybridized carbons (Fsp3) is 0.0244. The molecule has 0 aliphatic carbocycles. The molecule has 338 valence electrons. The average Bonchev–Trinajstić information content (AvgIpc) is 3.29. The van der Waals surface area contributed by atoms with E-state index in [-0.39, 0.29) is 0 Å². The smallest absolute Gasteiger partial charge is 0.248 e. The highest BCUT2D eigenvalue weighted by Crippen LogP contribution is 2.31. The number of rotatable bonds is 7. The Balaban J connectivity index is 0.000000289. The highest BCUT2D eigenvalue weighted by atomic mass is 19.2. The number of carbonyl (C=O) groups excluding carboxylic acids is 1. The summed E-state index contributed by atoms with van der Waals surface area (Å²) >= 11 is 0. The van der Waals surface area contributed by atoms with Gasteiger partial charge >= 0.3 is 0 Å². The molecule has 24 heteroatoms. The molecule has 0 aliphatic heterocycles. The van der Waals surface area contributed by atoms with Crippen molar-refractivity contribution in [2.45, 2.75) is 6.54 Å². The van der Waals surface area contributed by atoms with Crippen molar-refractivity contribution in [3.8, 4) is 0 Å². The molecule has 6 aromatic carbocycles. The summed E-state index contributed by atoms with van der Waals surface area (Å²) in [6.45, 7) is 0.803. The lowest BCUT2D eigenvalue weighted by molar-refractivity contribution is -0.687. The standard InChI is InChI=1S/C24BF20.C17H14N2O/c26-5-1(6(27)14(35)21(42)13(5)34)25(2-7(28)15(36)22(43)16(37)8(2)29,3-9(30)17(38)23(44)18(39)10(3)31)4-11(32)19(40)24(45)20(41)12(4)33;18-17(20)15-7-6-14-8-9-19(12-16(14)10-15)11-13-4-2-1-3-5-13/h;1-10,12H,11H2,(H-,18,20)/q-1;/p+1. The molecule has 0 saturated heterocycles. The molecule has 3 nitrogen and oxygen atoms in total. The van der Waals surface area contributed by atoms with E-state index in [2.05, 4.69) is 16.7 Å². The van der Waals surface area contributed by atoms with E-state index in [0.29, 0.717) is 5.56 Å². The lowest BCUT2D eigenvalue weighted by atomic mass is 9.12. The zero-order valence-electron chi connectivity index (χ0n) is 31.1. The predicted octanol–water partition coefficient (Wildman–Crippen LogP) is 8.12. The molecule has 7 aromatic rings. The van der Waals surface area contributed by atoms with Gasteiger partial charge in [-0.05, 0) is 17.5 Å². The lowest BCUT2D eigenvalue weighted by Crippen LogP contribution is -2.81. The molecule has 0 bridgehead atoms. The van der Waals surface area contributed by atoms with Crippen LogP contribution in [0.15, 0.2) is 67.0 Å². The molecule has 0 fully saturated rings. The van der Waals surface area contributed by atoms with Crippen molar-refractivity contribution in [2.75, 3.05) is 0 Å². The molecule has 1 aromatic heterocycles. The average molecular weight is 942 g/mol. The number of hydrogen-bond acceptors (Lipinski definition) is 1. The van der Waals surface area contributed by atoms with Crippen LogP contribution in [-0.4, -0.2) is 12.1 Å². The second-order valence-corrected chi connectivity index (χ2v) is 13.6. The lowest BCUT2D eigenvalue weighted by Gasteiger charge is -2.44. The molecule has 0 spiro atoms. The summed E-state index contributed by atoms with van der Waals surface area (Å²) < 4.78 is 296. The van der Waals surface area contributed by atoms with E-state index in [1.165, 1.54) is 5.56 Å². The van der Waals surface area contributed by atoms with E-state index < -0.39 is 150 Å². The number of amides is 1. The maximum absolute atomic E-state index is 15.4. The van der Waals surface area contributed by atoms with E-state index in [0.717, 1.165) is 17.3 Å². The van der Waals surface area contributed by atoms with E-state index in [4.69, 9.17) is 5.73 Å². The van der Waals surface area contributed by atoms with Crippen LogP contribution < -0.4 is 32.2 Å². The van der Waals surface area contributed by atoms with Crippen molar-refractivity contribution < 1.29 is 97.2 Å². The van der Waals surface area contributed by atoms with E-state index in [1.807, 2.05) is 48.8 Å². The van der Waals surface area contributed by atoms with Gasteiger partial charge in [-0.2, -0.15) is 0 Å². The van der Waals surface area contributed by atoms with Crippen molar-refractivity contribution >= 4 is 44.7 Å². The van der Waals surface area contributed by atoms with Crippen LogP contribution >= 0.6 is 0 Å². The number of benzene rings is 6. The molecule has 65 heavy (non-hydrogen) atoms. The van der Waals surface area contributed by atoms with Gasteiger partial charge in [0.25, 0.3) is 0 Å². The van der Waals surface area contributed by atoms with Crippen molar-refractivity contribution in [3.63, 3.8) is 0 Å². The Morgan fingerprint density at radius 1 is 0.400 bits per heavy atom. The molecule has 0 saturated carbocycles. The number of nitrogens with two attached hydrogens (primary N) is 1. The molecule has 0 atom stereocenters. The van der Waals surface area contributed by atoms with Gasteiger partial charge in [0.2, 0.25) is 5.91 Å². The van der Waals surface area contributed by atoms with Crippen LogP contribution in [0.1, 0.15) is 15.9 Å². The maximum Gasteiger partial charge on any atom is 0.248 e. The van der Waals surface area contributed by atoms with Gasteiger partial charge in [-0.1, -0.05) is 36.4 Å². The van der Waals surface area contributed by atoms with Crippen LogP contribution in [0.5, 0.6) is 0 Å². The van der Waals surface area contributed by atoms with Gasteiger partial charge in [0.15, 0.2) is 88.7 Å². The minimum atomic E-state index is -7.22. The first kappa shape index (κ1) is 47.3. The molecule has 7 rings (SSSR count). The van der Waals surface area contributed by atoms with Crippen LogP contribution in [0, 0.1) is 116 Å². The summed E-state index contributed by atoms with van der Waals surface area (Å²) in [6.07, 6.45) is -3.14. The van der Waals surface area contributed by atoms with Gasteiger partial charge in [0.05, 0.1) is 0 Å². The van der Waals surface area contributed by atoms with Crippen molar-refractivity contribution in [2.24, 2.45) is 5.73 Å². The number of hydrogen-bond donors (Lipinski definition) is 1. The molecule has 0 unspecified atom stereocenters. The second kappa shape index (κ2) is 17.4. The molecule has 1 amide bonds. The monoisotopic (exact) mass is 942 g/mol. The number of aromatic nitrogens is 1. The third-order valence-electron chi connectivity index (χ3n) is 10.0. The normalized spacial score (nSPS) is 11.6. The number of pyridine rings is 1. The third kappa shape index (κ3) is 7.52. The Labute approximate surface area is 348 Å². The summed E-state index contributed by atoms with van der Waals surface area (Å²) in [7, 11) is 0. The Morgan fingerprint density at radius 2 is 0.708 bits per heavy atom. The Kier molecular flexibility index (Phi) is 12.7. The quantitative estimate of drug-likeness (QED) is 0.0568. The van der Waals surface area contributed by atoms with Gasteiger partial charge in [-0.25, -0.2) is 92.4 Å². The SMILES string of the molecule is Fc1c(F)c(F)c([B-](c2c(F)c(F)c(F)c(F)c2F)(c2c(F)c(F)c(F)c(F)c2F)c2c(F)c(F)c(F)c(F)c2F)c(F)c1F.NC(=O)c1ccc2cc[n+](Cc3ccccc3)cc2c1. The summed E-state index contributed by atoms with van der Waals surface area (Å²) in [5.41, 5.74) is -7.23. The van der Waals surface area contributed by atoms with E-state index in [9.17, 15) is 57.5 Å². The topological polar surface area (TPSA) is 47.0 Å². The van der Waals surface area contributed by atoms with Gasteiger partial charge in [-0.3, -0.25) is 4.79 Å². The Bertz CT molecular complexity index is 2730. The number of carbonyl (C=O) groups is 1. The molecule has 0 aliphatic rings.